The van der Waals surface area contributed by atoms with E-state index in [1.807, 2.05) is 43.3 Å². The lowest BCUT2D eigenvalue weighted by atomic mass is 10.1. The summed E-state index contributed by atoms with van der Waals surface area (Å²) in [6, 6.07) is 19.5. The van der Waals surface area contributed by atoms with Gasteiger partial charge in [-0.1, -0.05) is 60.7 Å². The summed E-state index contributed by atoms with van der Waals surface area (Å²) in [4.78, 5) is 16.2. The fraction of sp³-hybridized carbons (Fsp3) is 0.176. The second-order valence-corrected chi connectivity index (χ2v) is 4.55. The van der Waals surface area contributed by atoms with Gasteiger partial charge in [0.2, 0.25) is 5.78 Å². The van der Waals surface area contributed by atoms with Crippen LogP contribution >= 0.6 is 0 Å². The quantitative estimate of drug-likeness (QED) is 0.590. The van der Waals surface area contributed by atoms with Crippen molar-refractivity contribution in [3.63, 3.8) is 0 Å². The fourth-order valence-electron chi connectivity index (χ4n) is 1.88. The van der Waals surface area contributed by atoms with E-state index in [2.05, 4.69) is 17.1 Å². The lowest BCUT2D eigenvalue weighted by Gasteiger charge is -2.05. The molecule has 0 N–H and O–H groups in total. The highest BCUT2D eigenvalue weighted by Gasteiger charge is 2.03. The van der Waals surface area contributed by atoms with Gasteiger partial charge in [-0.05, 0) is 18.9 Å². The zero-order valence-electron chi connectivity index (χ0n) is 11.0. The van der Waals surface area contributed by atoms with Crippen LogP contribution in [0.15, 0.2) is 65.7 Å². The third-order valence-electron chi connectivity index (χ3n) is 2.88. The molecule has 0 bridgehead atoms. The fourth-order valence-corrected chi connectivity index (χ4v) is 1.88. The zero-order valence-corrected chi connectivity index (χ0v) is 11.0. The molecule has 2 nitrogen and oxygen atoms in total. The first-order chi connectivity index (χ1) is 9.25. The molecule has 2 rings (SSSR count). The summed E-state index contributed by atoms with van der Waals surface area (Å²) in [6.45, 7) is 2.02. The van der Waals surface area contributed by atoms with Gasteiger partial charge in [-0.15, -0.1) is 0 Å². The van der Waals surface area contributed by atoms with E-state index < -0.39 is 0 Å². The number of ketones is 1. The summed E-state index contributed by atoms with van der Waals surface area (Å²) in [5.74, 6) is -0.0412. The topological polar surface area (TPSA) is 29.4 Å². The molecule has 1 atom stereocenters. The number of hydrogen-bond acceptors (Lipinski definition) is 2. The van der Waals surface area contributed by atoms with Crippen LogP contribution in [0.1, 0.15) is 22.8 Å². The molecule has 1 unspecified atom stereocenters. The molecule has 0 aliphatic carbocycles. The summed E-state index contributed by atoms with van der Waals surface area (Å²) in [5.41, 5.74) is 1.91. The molecule has 0 amide bonds. The van der Waals surface area contributed by atoms with E-state index in [4.69, 9.17) is 0 Å². The Bertz CT molecular complexity index is 546. The first-order valence-corrected chi connectivity index (χ1v) is 6.42. The smallest absolute Gasteiger partial charge is 0.203 e. The SMILES string of the molecule is CC(Cc1ccccc1)N=CC(=O)c1ccccc1. The van der Waals surface area contributed by atoms with E-state index in [9.17, 15) is 4.79 Å². The van der Waals surface area contributed by atoms with Gasteiger partial charge in [0, 0.05) is 5.56 Å². The number of carbonyl (C=O) groups is 1. The van der Waals surface area contributed by atoms with Gasteiger partial charge >= 0.3 is 0 Å². The molecule has 0 spiro atoms. The second-order valence-electron chi connectivity index (χ2n) is 4.55. The van der Waals surface area contributed by atoms with Gasteiger partial charge in [0.1, 0.15) is 0 Å². The normalized spacial score (nSPS) is 12.5. The van der Waals surface area contributed by atoms with Gasteiger partial charge in [-0.2, -0.15) is 0 Å². The summed E-state index contributed by atoms with van der Waals surface area (Å²) >= 11 is 0. The molecule has 0 aliphatic rings. The van der Waals surface area contributed by atoms with Gasteiger partial charge in [-0.25, -0.2) is 0 Å². The predicted molar refractivity (Wildman–Crippen MR) is 78.9 cm³/mol. The van der Waals surface area contributed by atoms with Gasteiger partial charge in [0.05, 0.1) is 12.3 Å². The van der Waals surface area contributed by atoms with E-state index in [-0.39, 0.29) is 11.8 Å². The van der Waals surface area contributed by atoms with Crippen molar-refractivity contribution in [2.75, 3.05) is 0 Å². The average molecular weight is 251 g/mol. The molecule has 2 heteroatoms. The minimum atomic E-state index is -0.0412. The second kappa shape index (κ2) is 6.64. The Labute approximate surface area is 113 Å². The van der Waals surface area contributed by atoms with Crippen molar-refractivity contribution in [3.8, 4) is 0 Å². The molecule has 2 aromatic carbocycles. The lowest BCUT2D eigenvalue weighted by Crippen LogP contribution is -2.07. The molecular weight excluding hydrogens is 234 g/mol. The van der Waals surface area contributed by atoms with Crippen molar-refractivity contribution in [3.05, 3.63) is 71.8 Å². The molecule has 0 saturated carbocycles. The van der Waals surface area contributed by atoms with Crippen LogP contribution in [-0.2, 0) is 6.42 Å². The monoisotopic (exact) mass is 251 g/mol. The maximum absolute atomic E-state index is 11.9. The van der Waals surface area contributed by atoms with Crippen LogP contribution in [-0.4, -0.2) is 18.0 Å². The predicted octanol–water partition coefficient (Wildman–Crippen LogP) is 3.57. The van der Waals surface area contributed by atoms with E-state index in [0.29, 0.717) is 5.56 Å². The van der Waals surface area contributed by atoms with Crippen molar-refractivity contribution < 1.29 is 4.79 Å². The Hall–Kier alpha value is -2.22. The summed E-state index contributed by atoms with van der Waals surface area (Å²) in [6.07, 6.45) is 2.28. The Morgan fingerprint density at radius 2 is 1.63 bits per heavy atom. The van der Waals surface area contributed by atoms with E-state index in [1.54, 1.807) is 12.1 Å². The zero-order chi connectivity index (χ0) is 13.5. The van der Waals surface area contributed by atoms with Crippen molar-refractivity contribution in [2.24, 2.45) is 4.99 Å². The summed E-state index contributed by atoms with van der Waals surface area (Å²) < 4.78 is 0. The van der Waals surface area contributed by atoms with Crippen LogP contribution < -0.4 is 0 Å². The third kappa shape index (κ3) is 4.18. The lowest BCUT2D eigenvalue weighted by molar-refractivity contribution is 0.107. The molecule has 0 heterocycles. The molecule has 0 saturated heterocycles. The van der Waals surface area contributed by atoms with Crippen molar-refractivity contribution >= 4 is 12.0 Å². The van der Waals surface area contributed by atoms with E-state index in [1.165, 1.54) is 11.8 Å². The largest absolute Gasteiger partial charge is 0.288 e. The highest BCUT2D eigenvalue weighted by molar-refractivity contribution is 6.35. The molecular formula is C17H17NO. The van der Waals surface area contributed by atoms with Gasteiger partial charge < -0.3 is 0 Å². The minimum Gasteiger partial charge on any atom is -0.288 e. The number of rotatable bonds is 5. The molecule has 96 valence electrons. The molecule has 19 heavy (non-hydrogen) atoms. The molecule has 0 fully saturated rings. The first kappa shape index (κ1) is 13.2. The number of Topliss-reactive ketones (excluding diaryl/α,β-unsaturated/α-hetero) is 1. The van der Waals surface area contributed by atoms with Crippen molar-refractivity contribution in [2.45, 2.75) is 19.4 Å². The number of aliphatic imine (C=N–C) groups is 1. The van der Waals surface area contributed by atoms with Crippen molar-refractivity contribution in [1.29, 1.82) is 0 Å². The first-order valence-electron chi connectivity index (χ1n) is 6.42. The van der Waals surface area contributed by atoms with Crippen LogP contribution in [0.5, 0.6) is 0 Å². The molecule has 2 aromatic rings. The summed E-state index contributed by atoms with van der Waals surface area (Å²) in [7, 11) is 0. The number of benzene rings is 2. The summed E-state index contributed by atoms with van der Waals surface area (Å²) in [5, 5.41) is 0. The van der Waals surface area contributed by atoms with Gasteiger partial charge in [0.25, 0.3) is 0 Å². The number of carbonyl (C=O) groups excluding carboxylic acids is 1. The molecule has 0 aliphatic heterocycles. The average Bonchev–Trinajstić information content (AvgIpc) is 2.47. The minimum absolute atomic E-state index is 0.0412. The Morgan fingerprint density at radius 3 is 2.26 bits per heavy atom. The highest BCUT2D eigenvalue weighted by atomic mass is 16.1. The van der Waals surface area contributed by atoms with Crippen LogP contribution in [0.3, 0.4) is 0 Å². The standard InChI is InChI=1S/C17H17NO/c1-14(12-15-8-4-2-5-9-15)18-13-17(19)16-10-6-3-7-11-16/h2-11,13-14H,12H2,1H3. The highest BCUT2D eigenvalue weighted by Crippen LogP contribution is 2.05. The van der Waals surface area contributed by atoms with Gasteiger partial charge in [-0.3, -0.25) is 9.79 Å². The van der Waals surface area contributed by atoms with Crippen molar-refractivity contribution in [1.82, 2.24) is 0 Å². The van der Waals surface area contributed by atoms with E-state index in [0.717, 1.165) is 6.42 Å². The maximum atomic E-state index is 11.9. The number of nitrogens with zero attached hydrogens (tertiary/aromatic N) is 1. The van der Waals surface area contributed by atoms with E-state index >= 15 is 0 Å². The number of hydrogen-bond donors (Lipinski definition) is 0. The van der Waals surface area contributed by atoms with Crippen LogP contribution in [0.4, 0.5) is 0 Å². The van der Waals surface area contributed by atoms with Crippen LogP contribution in [0.2, 0.25) is 0 Å². The molecule has 0 radical (unpaired) electrons. The van der Waals surface area contributed by atoms with Gasteiger partial charge in [0.15, 0.2) is 0 Å². The Kier molecular flexibility index (Phi) is 4.62. The Balaban J connectivity index is 1.94. The Morgan fingerprint density at radius 1 is 1.05 bits per heavy atom. The van der Waals surface area contributed by atoms with Crippen LogP contribution in [0, 0.1) is 0 Å². The third-order valence-corrected chi connectivity index (χ3v) is 2.88. The van der Waals surface area contributed by atoms with Crippen LogP contribution in [0.25, 0.3) is 0 Å². The molecule has 0 aromatic heterocycles. The maximum Gasteiger partial charge on any atom is 0.203 e.